The van der Waals surface area contributed by atoms with Crippen molar-refractivity contribution in [2.45, 2.75) is 26.3 Å². The van der Waals surface area contributed by atoms with Gasteiger partial charge in [0.25, 0.3) is 0 Å². The Morgan fingerprint density at radius 1 is 1.45 bits per heavy atom. The van der Waals surface area contributed by atoms with Crippen LogP contribution in [0, 0.1) is 5.82 Å². The third-order valence-corrected chi connectivity index (χ3v) is 3.87. The van der Waals surface area contributed by atoms with Gasteiger partial charge in [-0.3, -0.25) is 9.36 Å². The van der Waals surface area contributed by atoms with E-state index in [1.54, 1.807) is 6.92 Å². The monoisotopic (exact) mass is 303 g/mol. The van der Waals surface area contributed by atoms with Crippen LogP contribution in [0.15, 0.2) is 24.3 Å². The van der Waals surface area contributed by atoms with E-state index >= 15 is 0 Å². The number of benzene rings is 1. The highest BCUT2D eigenvalue weighted by Crippen LogP contribution is 2.41. The maximum absolute atomic E-state index is 13.0. The van der Waals surface area contributed by atoms with Gasteiger partial charge in [-0.1, -0.05) is 6.07 Å². The zero-order chi connectivity index (χ0) is 15.4. The van der Waals surface area contributed by atoms with Crippen LogP contribution in [0.1, 0.15) is 20.8 Å². The quantitative estimate of drug-likeness (QED) is 0.646. The topological polar surface area (TPSA) is 64.6 Å². The SMILES string of the molecule is CCOC(=O)C(C)(C)NP(C)(=O)Oc1cccc(F)c1. The van der Waals surface area contributed by atoms with Gasteiger partial charge in [0, 0.05) is 12.7 Å². The molecule has 1 unspecified atom stereocenters. The molecule has 0 spiro atoms. The Kier molecular flexibility index (Phi) is 5.31. The van der Waals surface area contributed by atoms with Crippen LogP contribution >= 0.6 is 7.52 Å². The molecule has 0 aliphatic heterocycles. The number of hydrogen-bond donors (Lipinski definition) is 1. The second-order valence-electron chi connectivity index (χ2n) is 4.85. The van der Waals surface area contributed by atoms with Crippen molar-refractivity contribution in [1.82, 2.24) is 5.09 Å². The standard InChI is InChI=1S/C13H19FNO4P/c1-5-18-12(16)13(2,3)15-20(4,17)19-11-8-6-7-10(14)9-11/h6-9H,5H2,1-4H3,(H,15,17). The molecule has 112 valence electrons. The Hall–Kier alpha value is -1.39. The van der Waals surface area contributed by atoms with Crippen molar-refractivity contribution in [3.05, 3.63) is 30.1 Å². The van der Waals surface area contributed by atoms with Crippen LogP contribution in [-0.2, 0) is 14.1 Å². The first-order chi connectivity index (χ1) is 9.16. The van der Waals surface area contributed by atoms with Crippen molar-refractivity contribution >= 4 is 13.5 Å². The van der Waals surface area contributed by atoms with Crippen LogP contribution in [0.25, 0.3) is 0 Å². The minimum atomic E-state index is -3.35. The number of hydrogen-bond acceptors (Lipinski definition) is 4. The number of carbonyl (C=O) groups excluding carboxylic acids is 1. The Bertz CT molecular complexity index is 533. The lowest BCUT2D eigenvalue weighted by molar-refractivity contribution is -0.149. The van der Waals surface area contributed by atoms with Gasteiger partial charge in [0.05, 0.1) is 6.61 Å². The van der Waals surface area contributed by atoms with Crippen molar-refractivity contribution in [2.75, 3.05) is 13.3 Å². The van der Waals surface area contributed by atoms with Gasteiger partial charge < -0.3 is 9.26 Å². The third kappa shape index (κ3) is 4.94. The molecule has 0 radical (unpaired) electrons. The van der Waals surface area contributed by atoms with E-state index in [1.807, 2.05) is 0 Å². The van der Waals surface area contributed by atoms with Gasteiger partial charge in [0.1, 0.15) is 17.1 Å². The summed E-state index contributed by atoms with van der Waals surface area (Å²) in [7, 11) is -3.35. The number of esters is 1. The molecule has 7 heteroatoms. The molecule has 0 amide bonds. The maximum Gasteiger partial charge on any atom is 0.326 e. The number of rotatable bonds is 6. The number of carbonyl (C=O) groups is 1. The second kappa shape index (κ2) is 6.37. The zero-order valence-corrected chi connectivity index (χ0v) is 12.9. The van der Waals surface area contributed by atoms with Crippen LogP contribution in [0.2, 0.25) is 0 Å². The second-order valence-corrected chi connectivity index (χ2v) is 6.95. The van der Waals surface area contributed by atoms with Crippen LogP contribution < -0.4 is 9.61 Å². The van der Waals surface area contributed by atoms with Crippen molar-refractivity contribution in [2.24, 2.45) is 0 Å². The first kappa shape index (κ1) is 16.7. The molecule has 0 saturated carbocycles. The fourth-order valence-electron chi connectivity index (χ4n) is 1.61. The lowest BCUT2D eigenvalue weighted by Gasteiger charge is -2.27. The lowest BCUT2D eigenvalue weighted by atomic mass is 10.1. The first-order valence-electron chi connectivity index (χ1n) is 6.15. The summed E-state index contributed by atoms with van der Waals surface area (Å²) in [5, 5.41) is 2.62. The summed E-state index contributed by atoms with van der Waals surface area (Å²) in [4.78, 5) is 11.7. The van der Waals surface area contributed by atoms with E-state index < -0.39 is 24.8 Å². The Morgan fingerprint density at radius 3 is 2.65 bits per heavy atom. The van der Waals surface area contributed by atoms with Gasteiger partial charge in [-0.25, -0.2) is 9.48 Å². The molecule has 0 aromatic heterocycles. The first-order valence-corrected chi connectivity index (χ1v) is 8.23. The molecular formula is C13H19FNO4P. The van der Waals surface area contributed by atoms with Gasteiger partial charge in [-0.2, -0.15) is 0 Å². The molecule has 0 fully saturated rings. The molecule has 0 aliphatic carbocycles. The van der Waals surface area contributed by atoms with Crippen molar-refractivity contribution < 1.29 is 23.0 Å². The summed E-state index contributed by atoms with van der Waals surface area (Å²) in [6.45, 7) is 6.30. The highest BCUT2D eigenvalue weighted by Gasteiger charge is 2.35. The molecule has 1 atom stereocenters. The average Bonchev–Trinajstić information content (AvgIpc) is 2.26. The van der Waals surface area contributed by atoms with Crippen LogP contribution in [-0.4, -0.2) is 24.8 Å². The molecule has 0 bridgehead atoms. The fraction of sp³-hybridized carbons (Fsp3) is 0.462. The molecule has 0 aliphatic rings. The molecular weight excluding hydrogens is 284 g/mol. The molecule has 0 saturated heterocycles. The summed E-state index contributed by atoms with van der Waals surface area (Å²) >= 11 is 0. The number of nitrogens with one attached hydrogen (secondary N) is 1. The van der Waals surface area contributed by atoms with E-state index in [0.29, 0.717) is 0 Å². The zero-order valence-electron chi connectivity index (χ0n) is 12.0. The van der Waals surface area contributed by atoms with E-state index in [-0.39, 0.29) is 12.4 Å². The molecule has 20 heavy (non-hydrogen) atoms. The molecule has 1 aromatic rings. The number of halogens is 1. The molecule has 1 aromatic carbocycles. The van der Waals surface area contributed by atoms with Gasteiger partial charge in [-0.15, -0.1) is 0 Å². The third-order valence-electron chi connectivity index (χ3n) is 2.34. The highest BCUT2D eigenvalue weighted by molar-refractivity contribution is 7.56. The lowest BCUT2D eigenvalue weighted by Crippen LogP contribution is -2.46. The Balaban J connectivity index is 2.79. The van der Waals surface area contributed by atoms with Gasteiger partial charge in [0.2, 0.25) is 0 Å². The van der Waals surface area contributed by atoms with Crippen LogP contribution in [0.3, 0.4) is 0 Å². The normalized spacial score (nSPS) is 14.4. The van der Waals surface area contributed by atoms with Gasteiger partial charge in [0.15, 0.2) is 0 Å². The fourth-order valence-corrected chi connectivity index (χ4v) is 3.28. The highest BCUT2D eigenvalue weighted by atomic mass is 31.2. The van der Waals surface area contributed by atoms with Gasteiger partial charge >= 0.3 is 13.5 Å². The smallest absolute Gasteiger partial charge is 0.326 e. The van der Waals surface area contributed by atoms with Crippen LogP contribution in [0.5, 0.6) is 5.75 Å². The summed E-state index contributed by atoms with van der Waals surface area (Å²) in [5.41, 5.74) is -1.17. The Morgan fingerprint density at radius 2 is 2.10 bits per heavy atom. The van der Waals surface area contributed by atoms with E-state index in [0.717, 1.165) is 6.07 Å². The van der Waals surface area contributed by atoms with Crippen molar-refractivity contribution in [3.8, 4) is 5.75 Å². The van der Waals surface area contributed by atoms with E-state index in [4.69, 9.17) is 9.26 Å². The number of ether oxygens (including phenoxy) is 1. The summed E-state index contributed by atoms with van der Waals surface area (Å²) < 4.78 is 35.5. The predicted molar refractivity (Wildman–Crippen MR) is 74.4 cm³/mol. The molecule has 5 nitrogen and oxygen atoms in total. The summed E-state index contributed by atoms with van der Waals surface area (Å²) in [6, 6.07) is 5.30. The van der Waals surface area contributed by atoms with E-state index in [1.165, 1.54) is 38.7 Å². The van der Waals surface area contributed by atoms with Crippen molar-refractivity contribution in [3.63, 3.8) is 0 Å². The minimum Gasteiger partial charge on any atom is -0.465 e. The minimum absolute atomic E-state index is 0.128. The molecule has 0 heterocycles. The summed E-state index contributed by atoms with van der Waals surface area (Å²) in [6.07, 6.45) is 0. The largest absolute Gasteiger partial charge is 0.465 e. The average molecular weight is 303 g/mol. The molecule has 1 N–H and O–H groups in total. The van der Waals surface area contributed by atoms with E-state index in [2.05, 4.69) is 5.09 Å². The van der Waals surface area contributed by atoms with Gasteiger partial charge in [-0.05, 0) is 32.9 Å². The summed E-state index contributed by atoms with van der Waals surface area (Å²) in [5.74, 6) is -0.903. The Labute approximate surface area is 118 Å². The molecule has 1 rings (SSSR count). The van der Waals surface area contributed by atoms with Crippen LogP contribution in [0.4, 0.5) is 4.39 Å². The van der Waals surface area contributed by atoms with Crippen molar-refractivity contribution in [1.29, 1.82) is 0 Å². The van der Waals surface area contributed by atoms with E-state index in [9.17, 15) is 13.8 Å². The predicted octanol–water partition coefficient (Wildman–Crippen LogP) is 2.96. The maximum atomic E-state index is 13.0.